The number of nitrogens with one attached hydrogen (secondary N) is 1. The van der Waals surface area contributed by atoms with Gasteiger partial charge in [0.15, 0.2) is 0 Å². The Bertz CT molecular complexity index is 500. The lowest BCUT2D eigenvalue weighted by Crippen LogP contribution is -2.21. The average Bonchev–Trinajstić information content (AvgIpc) is 2.91. The summed E-state index contributed by atoms with van der Waals surface area (Å²) in [6.07, 6.45) is 7.95. The maximum absolute atomic E-state index is 3.41. The van der Waals surface area contributed by atoms with Crippen LogP contribution in [0.4, 0.5) is 0 Å². The van der Waals surface area contributed by atoms with Gasteiger partial charge in [-0.25, -0.2) is 0 Å². The molecule has 0 spiro atoms. The largest absolute Gasteiger partial charge is 0.324 e. The summed E-state index contributed by atoms with van der Waals surface area (Å²) in [5.41, 5.74) is 4.25. The smallest absolute Gasteiger partial charge is 0.0452 e. The van der Waals surface area contributed by atoms with E-state index in [9.17, 15) is 0 Å². The summed E-state index contributed by atoms with van der Waals surface area (Å²) >= 11 is 0. The van der Waals surface area contributed by atoms with Gasteiger partial charge in [-0.3, -0.25) is 0 Å². The van der Waals surface area contributed by atoms with E-state index in [0.717, 1.165) is 0 Å². The molecule has 0 saturated heterocycles. The van der Waals surface area contributed by atoms with Crippen molar-refractivity contribution in [3.63, 3.8) is 0 Å². The van der Waals surface area contributed by atoms with Crippen LogP contribution in [0.1, 0.15) is 30.0 Å². The van der Waals surface area contributed by atoms with E-state index in [-0.39, 0.29) is 0 Å². The van der Waals surface area contributed by atoms with Crippen molar-refractivity contribution in [3.05, 3.63) is 53.9 Å². The van der Waals surface area contributed by atoms with Gasteiger partial charge in [0.1, 0.15) is 0 Å². The first-order valence-electron chi connectivity index (χ1n) is 6.32. The summed E-state index contributed by atoms with van der Waals surface area (Å²) in [4.78, 5) is 0. The fraction of sp³-hybridized carbons (Fsp3) is 0.333. The Balaban J connectivity index is 2.02. The van der Waals surface area contributed by atoms with Crippen LogP contribution in [0, 0.1) is 0 Å². The molecule has 0 amide bonds. The van der Waals surface area contributed by atoms with Crippen molar-refractivity contribution < 1.29 is 0 Å². The van der Waals surface area contributed by atoms with E-state index < -0.39 is 0 Å². The lowest BCUT2D eigenvalue weighted by molar-refractivity contribution is 0.496. The Morgan fingerprint density at radius 3 is 2.82 bits per heavy atom. The quantitative estimate of drug-likeness (QED) is 0.832. The zero-order valence-electron chi connectivity index (χ0n) is 10.2. The Morgan fingerprint density at radius 1 is 1.24 bits per heavy atom. The maximum Gasteiger partial charge on any atom is 0.0452 e. The molecular weight excluding hydrogens is 208 g/mol. The second-order valence-corrected chi connectivity index (χ2v) is 4.71. The van der Waals surface area contributed by atoms with Crippen LogP contribution in [-0.4, -0.2) is 11.6 Å². The Kier molecular flexibility index (Phi) is 2.73. The van der Waals surface area contributed by atoms with Crippen molar-refractivity contribution in [3.8, 4) is 5.69 Å². The number of nitrogens with zero attached hydrogens (tertiary/aromatic N) is 1. The first-order chi connectivity index (χ1) is 8.38. The molecule has 2 heteroatoms. The van der Waals surface area contributed by atoms with Crippen LogP contribution in [0.2, 0.25) is 0 Å². The van der Waals surface area contributed by atoms with E-state index in [2.05, 4.69) is 59.7 Å². The van der Waals surface area contributed by atoms with Gasteiger partial charge in [0.25, 0.3) is 0 Å². The summed E-state index contributed by atoms with van der Waals surface area (Å²) in [7, 11) is 2.06. The van der Waals surface area contributed by atoms with Crippen LogP contribution in [-0.2, 0) is 6.42 Å². The highest BCUT2D eigenvalue weighted by Crippen LogP contribution is 2.30. The second-order valence-electron chi connectivity index (χ2n) is 4.71. The summed E-state index contributed by atoms with van der Waals surface area (Å²) < 4.78 is 2.17. The fourth-order valence-corrected chi connectivity index (χ4v) is 2.77. The van der Waals surface area contributed by atoms with Crippen molar-refractivity contribution in [2.75, 3.05) is 7.05 Å². The monoisotopic (exact) mass is 226 g/mol. The molecule has 1 aliphatic rings. The van der Waals surface area contributed by atoms with Crippen LogP contribution in [0.3, 0.4) is 0 Å². The molecule has 3 rings (SSSR count). The van der Waals surface area contributed by atoms with Gasteiger partial charge in [-0.05, 0) is 61.7 Å². The molecular formula is C15H18N2. The third-order valence-electron chi connectivity index (χ3n) is 3.69. The number of rotatable bonds is 2. The molecule has 1 aromatic heterocycles. The zero-order valence-corrected chi connectivity index (χ0v) is 10.2. The average molecular weight is 226 g/mol. The lowest BCUT2D eigenvalue weighted by atomic mass is 9.87. The number of benzene rings is 1. The minimum absolute atomic E-state index is 0.539. The van der Waals surface area contributed by atoms with Crippen LogP contribution in [0.25, 0.3) is 5.69 Å². The second kappa shape index (κ2) is 4.38. The van der Waals surface area contributed by atoms with Crippen LogP contribution < -0.4 is 5.32 Å². The normalized spacial score (nSPS) is 19.0. The molecule has 0 radical (unpaired) electrons. The number of hydrogen-bond acceptors (Lipinski definition) is 1. The SMILES string of the molecule is CNC1CCCc2cc(-n3cccc3)ccc21. The molecule has 0 bridgehead atoms. The van der Waals surface area contributed by atoms with Crippen molar-refractivity contribution >= 4 is 0 Å². The lowest BCUT2D eigenvalue weighted by Gasteiger charge is -2.25. The molecule has 1 heterocycles. The Hall–Kier alpha value is -1.54. The number of aromatic nitrogens is 1. The highest BCUT2D eigenvalue weighted by atomic mass is 14.9. The van der Waals surface area contributed by atoms with Gasteiger partial charge < -0.3 is 9.88 Å². The van der Waals surface area contributed by atoms with Gasteiger partial charge in [-0.2, -0.15) is 0 Å². The first kappa shape index (κ1) is 10.6. The topological polar surface area (TPSA) is 17.0 Å². The van der Waals surface area contributed by atoms with Crippen molar-refractivity contribution in [2.24, 2.45) is 0 Å². The van der Waals surface area contributed by atoms with Gasteiger partial charge in [0, 0.05) is 24.1 Å². The van der Waals surface area contributed by atoms with Gasteiger partial charge in [0.2, 0.25) is 0 Å². The predicted molar refractivity (Wildman–Crippen MR) is 70.5 cm³/mol. The first-order valence-corrected chi connectivity index (χ1v) is 6.32. The van der Waals surface area contributed by atoms with Crippen LogP contribution in [0.5, 0.6) is 0 Å². The highest BCUT2D eigenvalue weighted by Gasteiger charge is 2.18. The van der Waals surface area contributed by atoms with Gasteiger partial charge in [0.05, 0.1) is 0 Å². The molecule has 1 unspecified atom stereocenters. The number of aryl methyl sites for hydroxylation is 1. The Labute approximate surface area is 102 Å². The number of hydrogen-bond donors (Lipinski definition) is 1. The fourth-order valence-electron chi connectivity index (χ4n) is 2.77. The molecule has 1 atom stereocenters. The van der Waals surface area contributed by atoms with Crippen LogP contribution >= 0.6 is 0 Å². The van der Waals surface area contributed by atoms with Crippen molar-refractivity contribution in [1.29, 1.82) is 0 Å². The van der Waals surface area contributed by atoms with E-state index in [4.69, 9.17) is 0 Å². The summed E-state index contributed by atoms with van der Waals surface area (Å²) in [5, 5.41) is 3.41. The third kappa shape index (κ3) is 1.89. The highest BCUT2D eigenvalue weighted by molar-refractivity contribution is 5.43. The van der Waals surface area contributed by atoms with Gasteiger partial charge >= 0.3 is 0 Å². The van der Waals surface area contributed by atoms with E-state index in [1.807, 2.05) is 0 Å². The summed E-state index contributed by atoms with van der Waals surface area (Å²) in [5.74, 6) is 0. The van der Waals surface area contributed by atoms with Crippen LogP contribution in [0.15, 0.2) is 42.7 Å². The van der Waals surface area contributed by atoms with E-state index in [0.29, 0.717) is 6.04 Å². The molecule has 1 N–H and O–H groups in total. The Morgan fingerprint density at radius 2 is 2.06 bits per heavy atom. The minimum atomic E-state index is 0.539. The number of fused-ring (bicyclic) bond motifs is 1. The molecule has 88 valence electrons. The summed E-state index contributed by atoms with van der Waals surface area (Å²) in [6.45, 7) is 0. The minimum Gasteiger partial charge on any atom is -0.324 e. The molecule has 2 nitrogen and oxygen atoms in total. The summed E-state index contributed by atoms with van der Waals surface area (Å²) in [6, 6.07) is 11.5. The zero-order chi connectivity index (χ0) is 11.7. The third-order valence-corrected chi connectivity index (χ3v) is 3.69. The molecule has 1 aromatic carbocycles. The van der Waals surface area contributed by atoms with Gasteiger partial charge in [-0.15, -0.1) is 0 Å². The van der Waals surface area contributed by atoms with E-state index in [1.165, 1.54) is 36.1 Å². The molecule has 1 aliphatic carbocycles. The molecule has 2 aromatic rings. The van der Waals surface area contributed by atoms with E-state index in [1.54, 1.807) is 0 Å². The molecule has 0 saturated carbocycles. The molecule has 17 heavy (non-hydrogen) atoms. The van der Waals surface area contributed by atoms with Crippen molar-refractivity contribution in [1.82, 2.24) is 9.88 Å². The molecule has 0 aliphatic heterocycles. The molecule has 0 fully saturated rings. The standard InChI is InChI=1S/C15H18N2/c1-16-15-6-4-5-12-11-13(7-8-14(12)15)17-9-2-3-10-17/h2-3,7-11,15-16H,4-6H2,1H3. The van der Waals surface area contributed by atoms with Crippen molar-refractivity contribution in [2.45, 2.75) is 25.3 Å². The van der Waals surface area contributed by atoms with Gasteiger partial charge in [-0.1, -0.05) is 6.07 Å². The maximum atomic E-state index is 3.41. The predicted octanol–water partition coefficient (Wildman–Crippen LogP) is 3.07. The van der Waals surface area contributed by atoms with E-state index >= 15 is 0 Å².